The van der Waals surface area contributed by atoms with Gasteiger partial charge in [0.2, 0.25) is 5.91 Å². The van der Waals surface area contributed by atoms with Gasteiger partial charge in [-0.2, -0.15) is 0 Å². The molecular formula is C24H22ClN3O2S. The van der Waals surface area contributed by atoms with Crippen LogP contribution in [0.3, 0.4) is 0 Å². The average Bonchev–Trinajstić information content (AvgIpc) is 3.36. The monoisotopic (exact) mass is 451 g/mol. The van der Waals surface area contributed by atoms with E-state index in [0.717, 1.165) is 62.5 Å². The third kappa shape index (κ3) is 4.05. The number of hydrogen-bond donors (Lipinski definition) is 0. The number of fused-ring (bicyclic) bond motifs is 1. The largest absolute Gasteiger partial charge is 0.489 e. The first-order valence-corrected chi connectivity index (χ1v) is 11.5. The van der Waals surface area contributed by atoms with E-state index in [1.807, 2.05) is 48.3 Å². The minimum atomic E-state index is 0.202. The Kier molecular flexibility index (Phi) is 5.42. The standard InChI is InChI=1S/C24H22ClN3O2S/c1-27-20-10-5-16(14-19(20)26-24(27)21-11-12-22(25)31-21)15-30-18-8-6-17(7-9-18)28-13-3-2-4-23(28)29/h5-12,14H,2-4,13,15H2,1H3. The Morgan fingerprint density at radius 1 is 1.10 bits per heavy atom. The maximum absolute atomic E-state index is 12.1. The molecule has 5 nitrogen and oxygen atoms in total. The maximum atomic E-state index is 12.1. The van der Waals surface area contributed by atoms with E-state index in [1.165, 1.54) is 11.3 Å². The number of aryl methyl sites for hydroxylation is 1. The van der Waals surface area contributed by atoms with Gasteiger partial charge in [0.15, 0.2) is 5.82 Å². The second kappa shape index (κ2) is 8.36. The Labute approximate surface area is 189 Å². The number of nitrogens with zero attached hydrogens (tertiary/aromatic N) is 3. The third-order valence-corrected chi connectivity index (χ3v) is 6.84. The fourth-order valence-electron chi connectivity index (χ4n) is 3.96. The van der Waals surface area contributed by atoms with Crippen LogP contribution in [0.2, 0.25) is 4.34 Å². The van der Waals surface area contributed by atoms with Crippen molar-refractivity contribution in [1.82, 2.24) is 9.55 Å². The summed E-state index contributed by atoms with van der Waals surface area (Å²) in [7, 11) is 2.02. The first-order chi connectivity index (χ1) is 15.1. The third-order valence-electron chi connectivity index (χ3n) is 5.62. The van der Waals surface area contributed by atoms with E-state index in [1.54, 1.807) is 0 Å². The predicted molar refractivity (Wildman–Crippen MR) is 126 cm³/mol. The fraction of sp³-hybridized carbons (Fsp3) is 0.250. The first kappa shape index (κ1) is 20.1. The summed E-state index contributed by atoms with van der Waals surface area (Å²) in [4.78, 5) is 19.8. The summed E-state index contributed by atoms with van der Waals surface area (Å²) in [5, 5.41) is 0. The van der Waals surface area contributed by atoms with Gasteiger partial charge in [-0.05, 0) is 66.9 Å². The van der Waals surface area contributed by atoms with Gasteiger partial charge in [0, 0.05) is 25.7 Å². The summed E-state index contributed by atoms with van der Waals surface area (Å²) < 4.78 is 8.82. The highest BCUT2D eigenvalue weighted by atomic mass is 35.5. The van der Waals surface area contributed by atoms with Crippen LogP contribution in [0.5, 0.6) is 5.75 Å². The van der Waals surface area contributed by atoms with E-state index in [2.05, 4.69) is 22.8 Å². The number of carbonyl (C=O) groups excluding carboxylic acids is 1. The lowest BCUT2D eigenvalue weighted by atomic mass is 10.1. The lowest BCUT2D eigenvalue weighted by Gasteiger charge is -2.26. The number of anilines is 1. The van der Waals surface area contributed by atoms with Crippen LogP contribution in [-0.4, -0.2) is 22.0 Å². The van der Waals surface area contributed by atoms with E-state index in [-0.39, 0.29) is 5.91 Å². The molecule has 1 aliphatic rings. The SMILES string of the molecule is Cn1c(-c2ccc(Cl)s2)nc2cc(COc3ccc(N4CCCCC4=O)cc3)ccc21. The van der Waals surface area contributed by atoms with Crippen molar-refractivity contribution in [3.8, 4) is 16.5 Å². The maximum Gasteiger partial charge on any atom is 0.226 e. The lowest BCUT2D eigenvalue weighted by molar-refractivity contribution is -0.119. The Hall–Kier alpha value is -2.83. The molecule has 1 fully saturated rings. The molecule has 31 heavy (non-hydrogen) atoms. The molecule has 3 heterocycles. The number of aromatic nitrogens is 2. The highest BCUT2D eigenvalue weighted by molar-refractivity contribution is 7.19. The molecule has 0 saturated carbocycles. The zero-order chi connectivity index (χ0) is 21.4. The van der Waals surface area contributed by atoms with Gasteiger partial charge in [-0.3, -0.25) is 4.79 Å². The fourth-order valence-corrected chi connectivity index (χ4v) is 5.03. The Bertz CT molecular complexity index is 1250. The number of rotatable bonds is 5. The molecule has 0 N–H and O–H groups in total. The molecule has 1 saturated heterocycles. The molecule has 7 heteroatoms. The summed E-state index contributed by atoms with van der Waals surface area (Å²) in [5.41, 5.74) is 3.99. The second-order valence-electron chi connectivity index (χ2n) is 7.71. The van der Waals surface area contributed by atoms with Crippen molar-refractivity contribution in [3.63, 3.8) is 0 Å². The highest BCUT2D eigenvalue weighted by Crippen LogP contribution is 2.32. The summed E-state index contributed by atoms with van der Waals surface area (Å²) in [6.45, 7) is 1.25. The molecule has 2 aromatic carbocycles. The van der Waals surface area contributed by atoms with Crippen LogP contribution in [-0.2, 0) is 18.4 Å². The van der Waals surface area contributed by atoms with Crippen LogP contribution in [0.4, 0.5) is 5.69 Å². The van der Waals surface area contributed by atoms with E-state index in [0.29, 0.717) is 13.0 Å². The number of imidazole rings is 1. The number of ether oxygens (including phenoxy) is 1. The van der Waals surface area contributed by atoms with Crippen LogP contribution >= 0.6 is 22.9 Å². The summed E-state index contributed by atoms with van der Waals surface area (Å²) in [6, 6.07) is 17.9. The van der Waals surface area contributed by atoms with Gasteiger partial charge in [-0.1, -0.05) is 17.7 Å². The normalized spacial score (nSPS) is 14.4. The van der Waals surface area contributed by atoms with Crippen molar-refractivity contribution in [3.05, 3.63) is 64.5 Å². The van der Waals surface area contributed by atoms with Crippen LogP contribution in [0.1, 0.15) is 24.8 Å². The number of amides is 1. The van der Waals surface area contributed by atoms with Gasteiger partial charge in [0.05, 0.1) is 20.2 Å². The van der Waals surface area contributed by atoms with Crippen LogP contribution in [0, 0.1) is 0 Å². The van der Waals surface area contributed by atoms with E-state index < -0.39 is 0 Å². The zero-order valence-electron chi connectivity index (χ0n) is 17.2. The molecule has 1 amide bonds. The van der Waals surface area contributed by atoms with Crippen LogP contribution in [0.15, 0.2) is 54.6 Å². The summed E-state index contributed by atoms with van der Waals surface area (Å²) in [5.74, 6) is 1.89. The number of piperidine rings is 1. The minimum absolute atomic E-state index is 0.202. The van der Waals surface area contributed by atoms with Gasteiger partial charge in [0.25, 0.3) is 0 Å². The highest BCUT2D eigenvalue weighted by Gasteiger charge is 2.19. The molecule has 1 aliphatic heterocycles. The van der Waals surface area contributed by atoms with Gasteiger partial charge in [-0.25, -0.2) is 4.98 Å². The lowest BCUT2D eigenvalue weighted by Crippen LogP contribution is -2.35. The zero-order valence-corrected chi connectivity index (χ0v) is 18.7. The molecule has 0 bridgehead atoms. The molecule has 158 valence electrons. The molecule has 0 unspecified atom stereocenters. The number of benzene rings is 2. The van der Waals surface area contributed by atoms with Crippen LogP contribution in [0.25, 0.3) is 21.7 Å². The second-order valence-corrected chi connectivity index (χ2v) is 9.42. The minimum Gasteiger partial charge on any atom is -0.489 e. The van der Waals surface area contributed by atoms with E-state index >= 15 is 0 Å². The number of thiophene rings is 1. The molecular weight excluding hydrogens is 430 g/mol. The molecule has 0 aliphatic carbocycles. The Morgan fingerprint density at radius 2 is 1.94 bits per heavy atom. The van der Waals surface area contributed by atoms with Gasteiger partial charge >= 0.3 is 0 Å². The van der Waals surface area contributed by atoms with Crippen molar-refractivity contribution in [2.24, 2.45) is 7.05 Å². The smallest absolute Gasteiger partial charge is 0.226 e. The Balaban J connectivity index is 1.30. The number of hydrogen-bond acceptors (Lipinski definition) is 4. The molecule has 0 radical (unpaired) electrons. The average molecular weight is 452 g/mol. The molecule has 0 atom stereocenters. The molecule has 5 rings (SSSR count). The first-order valence-electron chi connectivity index (χ1n) is 10.3. The summed E-state index contributed by atoms with van der Waals surface area (Å²) in [6.07, 6.45) is 2.68. The Morgan fingerprint density at radius 3 is 2.68 bits per heavy atom. The van der Waals surface area contributed by atoms with Crippen molar-refractivity contribution in [2.45, 2.75) is 25.9 Å². The van der Waals surface area contributed by atoms with Gasteiger partial charge in [-0.15, -0.1) is 11.3 Å². The molecule has 4 aromatic rings. The van der Waals surface area contributed by atoms with Crippen molar-refractivity contribution < 1.29 is 9.53 Å². The molecule has 2 aromatic heterocycles. The van der Waals surface area contributed by atoms with E-state index in [9.17, 15) is 4.79 Å². The van der Waals surface area contributed by atoms with Crippen molar-refractivity contribution in [2.75, 3.05) is 11.4 Å². The van der Waals surface area contributed by atoms with Gasteiger partial charge in [0.1, 0.15) is 12.4 Å². The van der Waals surface area contributed by atoms with Crippen molar-refractivity contribution >= 4 is 45.6 Å². The molecule has 0 spiro atoms. The number of carbonyl (C=O) groups is 1. The summed E-state index contributed by atoms with van der Waals surface area (Å²) >= 11 is 7.62. The predicted octanol–water partition coefficient (Wildman–Crippen LogP) is 6.05. The van der Waals surface area contributed by atoms with Gasteiger partial charge < -0.3 is 14.2 Å². The number of halogens is 1. The van der Waals surface area contributed by atoms with Crippen molar-refractivity contribution in [1.29, 1.82) is 0 Å². The van der Waals surface area contributed by atoms with Crippen LogP contribution < -0.4 is 9.64 Å². The topological polar surface area (TPSA) is 47.4 Å². The quantitative estimate of drug-likeness (QED) is 0.371. The van der Waals surface area contributed by atoms with E-state index in [4.69, 9.17) is 21.3 Å².